The van der Waals surface area contributed by atoms with Crippen LogP contribution in [0.2, 0.25) is 5.02 Å². The highest BCUT2D eigenvalue weighted by atomic mass is 35.5. The van der Waals surface area contributed by atoms with Crippen LogP contribution >= 0.6 is 24.0 Å². The maximum Gasteiger partial charge on any atom is 0.255 e. The van der Waals surface area contributed by atoms with Crippen LogP contribution in [-0.2, 0) is 4.79 Å². The molecule has 0 bridgehead atoms. The van der Waals surface area contributed by atoms with Crippen LogP contribution in [0.1, 0.15) is 36.0 Å². The average molecular weight is 362 g/mol. The highest BCUT2D eigenvalue weighted by Crippen LogP contribution is 2.28. The minimum absolute atomic E-state index is 0. The van der Waals surface area contributed by atoms with Gasteiger partial charge in [0.1, 0.15) is 5.75 Å². The minimum atomic E-state index is -0.304. The second-order valence-electron chi connectivity index (χ2n) is 5.28. The second-order valence-corrected chi connectivity index (χ2v) is 5.68. The number of hydrogen-bond donors (Lipinski definition) is 3. The number of nitrogens with two attached hydrogens (primary N) is 1. The van der Waals surface area contributed by atoms with Crippen molar-refractivity contribution in [1.82, 2.24) is 10.6 Å². The predicted octanol–water partition coefficient (Wildman–Crippen LogP) is 2.14. The van der Waals surface area contributed by atoms with E-state index in [2.05, 4.69) is 10.6 Å². The number of carbonyl (C=O) groups is 2. The molecule has 0 unspecified atom stereocenters. The quantitative estimate of drug-likeness (QED) is 0.512. The van der Waals surface area contributed by atoms with Gasteiger partial charge in [-0.1, -0.05) is 11.6 Å². The van der Waals surface area contributed by atoms with Gasteiger partial charge in [-0.05, 0) is 25.3 Å². The average Bonchev–Trinajstić information content (AvgIpc) is 3.29. The van der Waals surface area contributed by atoms with Crippen molar-refractivity contribution >= 4 is 41.5 Å². The Labute approximate surface area is 146 Å². The topological polar surface area (TPSA) is 93.4 Å². The minimum Gasteiger partial charge on any atom is -0.496 e. The third kappa shape index (κ3) is 5.80. The van der Waals surface area contributed by atoms with E-state index in [1.54, 1.807) is 0 Å². The Morgan fingerprint density at radius 3 is 2.70 bits per heavy atom. The number of nitrogen functional groups attached to an aromatic ring is 1. The molecule has 1 aliphatic rings. The Hall–Kier alpha value is -1.66. The highest BCUT2D eigenvalue weighted by molar-refractivity contribution is 6.33. The molecular formula is C15H21Cl2N3O3. The number of ether oxygens (including phenoxy) is 1. The van der Waals surface area contributed by atoms with Gasteiger partial charge in [0.2, 0.25) is 5.91 Å². The van der Waals surface area contributed by atoms with Gasteiger partial charge in [0.25, 0.3) is 5.91 Å². The summed E-state index contributed by atoms with van der Waals surface area (Å²) in [6, 6.07) is 3.36. The van der Waals surface area contributed by atoms with Crippen molar-refractivity contribution in [3.8, 4) is 5.75 Å². The lowest BCUT2D eigenvalue weighted by molar-refractivity contribution is -0.121. The molecule has 2 amide bonds. The molecule has 0 saturated heterocycles. The van der Waals surface area contributed by atoms with Gasteiger partial charge in [0, 0.05) is 25.1 Å². The lowest BCUT2D eigenvalue weighted by Gasteiger charge is -2.11. The van der Waals surface area contributed by atoms with Crippen LogP contribution in [0.4, 0.5) is 5.69 Å². The first-order valence-corrected chi connectivity index (χ1v) is 7.59. The number of hydrogen-bond acceptors (Lipinski definition) is 4. The maximum atomic E-state index is 12.1. The van der Waals surface area contributed by atoms with Gasteiger partial charge < -0.3 is 21.1 Å². The summed E-state index contributed by atoms with van der Waals surface area (Å²) < 4.78 is 5.13. The molecule has 23 heavy (non-hydrogen) atoms. The van der Waals surface area contributed by atoms with Gasteiger partial charge in [0.05, 0.1) is 23.4 Å². The monoisotopic (exact) mass is 361 g/mol. The standard InChI is InChI=1S/C15H20ClN3O3.ClH/c1-22-13-8-12(17)11(16)7-10(13)15(21)18-6-2-3-14(20)19-9-4-5-9;/h7-9H,2-6,17H2,1H3,(H,18,21)(H,19,20);1H. The summed E-state index contributed by atoms with van der Waals surface area (Å²) in [4.78, 5) is 23.6. The Bertz CT molecular complexity index is 577. The fourth-order valence-electron chi connectivity index (χ4n) is 1.99. The van der Waals surface area contributed by atoms with Crippen LogP contribution in [0.3, 0.4) is 0 Å². The number of benzene rings is 1. The van der Waals surface area contributed by atoms with Gasteiger partial charge in [-0.2, -0.15) is 0 Å². The Morgan fingerprint density at radius 1 is 1.39 bits per heavy atom. The van der Waals surface area contributed by atoms with Crippen LogP contribution in [0.25, 0.3) is 0 Å². The predicted molar refractivity (Wildman–Crippen MR) is 92.4 cm³/mol. The normalized spacial score (nSPS) is 13.0. The summed E-state index contributed by atoms with van der Waals surface area (Å²) in [6.07, 6.45) is 3.12. The Balaban J connectivity index is 0.00000264. The first-order valence-electron chi connectivity index (χ1n) is 7.22. The first-order chi connectivity index (χ1) is 10.5. The van der Waals surface area contributed by atoms with Crippen LogP contribution in [0.5, 0.6) is 5.75 Å². The van der Waals surface area contributed by atoms with Crippen LogP contribution in [0, 0.1) is 0 Å². The van der Waals surface area contributed by atoms with Crippen molar-refractivity contribution in [3.63, 3.8) is 0 Å². The van der Waals surface area contributed by atoms with E-state index in [9.17, 15) is 9.59 Å². The summed E-state index contributed by atoms with van der Waals surface area (Å²) >= 11 is 5.93. The molecule has 6 nitrogen and oxygen atoms in total. The largest absolute Gasteiger partial charge is 0.496 e. The van der Waals surface area contributed by atoms with E-state index in [-0.39, 0.29) is 24.2 Å². The molecule has 0 spiro atoms. The molecule has 1 fully saturated rings. The SMILES string of the molecule is COc1cc(N)c(Cl)cc1C(=O)NCCCC(=O)NC1CC1.Cl. The fourth-order valence-corrected chi connectivity index (χ4v) is 2.15. The van der Waals surface area contributed by atoms with E-state index in [1.165, 1.54) is 19.2 Å². The zero-order valence-electron chi connectivity index (χ0n) is 12.9. The number of anilines is 1. The van der Waals surface area contributed by atoms with Crippen LogP contribution in [-0.4, -0.2) is 31.5 Å². The molecule has 1 aromatic rings. The zero-order chi connectivity index (χ0) is 16.1. The number of carbonyl (C=O) groups excluding carboxylic acids is 2. The van der Waals surface area contributed by atoms with Crippen molar-refractivity contribution in [3.05, 3.63) is 22.7 Å². The molecule has 0 aliphatic heterocycles. The molecule has 1 saturated carbocycles. The number of rotatable bonds is 7. The summed E-state index contributed by atoms with van der Waals surface area (Å²) in [5.74, 6) is 0.0945. The van der Waals surface area contributed by atoms with Gasteiger partial charge in [-0.15, -0.1) is 12.4 Å². The van der Waals surface area contributed by atoms with E-state index in [4.69, 9.17) is 22.1 Å². The van der Waals surface area contributed by atoms with E-state index in [1.807, 2.05) is 0 Å². The van der Waals surface area contributed by atoms with Gasteiger partial charge >= 0.3 is 0 Å². The molecule has 128 valence electrons. The molecule has 0 atom stereocenters. The van der Waals surface area contributed by atoms with Crippen molar-refractivity contribution in [2.45, 2.75) is 31.7 Å². The summed E-state index contributed by atoms with van der Waals surface area (Å²) in [5, 5.41) is 5.95. The molecular weight excluding hydrogens is 341 g/mol. The smallest absolute Gasteiger partial charge is 0.255 e. The third-order valence-electron chi connectivity index (χ3n) is 3.37. The van der Waals surface area contributed by atoms with Crippen molar-refractivity contribution in [2.24, 2.45) is 0 Å². The van der Waals surface area contributed by atoms with E-state index in [0.717, 1.165) is 12.8 Å². The summed E-state index contributed by atoms with van der Waals surface area (Å²) in [7, 11) is 1.46. The lowest BCUT2D eigenvalue weighted by atomic mass is 10.1. The van der Waals surface area contributed by atoms with Gasteiger partial charge in [-0.25, -0.2) is 0 Å². The second kappa shape index (κ2) is 8.84. The summed E-state index contributed by atoms with van der Waals surface area (Å²) in [5.41, 5.74) is 6.35. The first kappa shape index (κ1) is 19.4. The number of halogens is 2. The number of nitrogens with one attached hydrogen (secondary N) is 2. The number of methoxy groups -OCH3 is 1. The molecule has 0 radical (unpaired) electrons. The van der Waals surface area contributed by atoms with Gasteiger partial charge in [-0.3, -0.25) is 9.59 Å². The fraction of sp³-hybridized carbons (Fsp3) is 0.467. The number of amides is 2. The lowest BCUT2D eigenvalue weighted by Crippen LogP contribution is -2.28. The molecule has 2 rings (SSSR count). The van der Waals surface area contributed by atoms with E-state index < -0.39 is 0 Å². The van der Waals surface area contributed by atoms with E-state index >= 15 is 0 Å². The third-order valence-corrected chi connectivity index (χ3v) is 3.70. The molecule has 4 N–H and O–H groups in total. The van der Waals surface area contributed by atoms with Crippen molar-refractivity contribution in [2.75, 3.05) is 19.4 Å². The van der Waals surface area contributed by atoms with Gasteiger partial charge in [0.15, 0.2) is 0 Å². The molecule has 1 aliphatic carbocycles. The molecule has 0 aromatic heterocycles. The molecule has 8 heteroatoms. The van der Waals surface area contributed by atoms with Crippen LogP contribution < -0.4 is 21.1 Å². The highest BCUT2D eigenvalue weighted by Gasteiger charge is 2.22. The summed E-state index contributed by atoms with van der Waals surface area (Å²) in [6.45, 7) is 0.405. The van der Waals surface area contributed by atoms with E-state index in [0.29, 0.717) is 47.5 Å². The van der Waals surface area contributed by atoms with Crippen LogP contribution in [0.15, 0.2) is 12.1 Å². The van der Waals surface area contributed by atoms with Crippen molar-refractivity contribution in [1.29, 1.82) is 0 Å². The zero-order valence-corrected chi connectivity index (χ0v) is 14.4. The van der Waals surface area contributed by atoms with Crippen molar-refractivity contribution < 1.29 is 14.3 Å². The Morgan fingerprint density at radius 2 is 2.09 bits per heavy atom. The molecule has 0 heterocycles. The maximum absolute atomic E-state index is 12.1. The molecule has 1 aromatic carbocycles. The Kier molecular flexibility index (Phi) is 7.45.